The van der Waals surface area contributed by atoms with E-state index >= 15 is 0 Å². The maximum Gasteiger partial charge on any atom is 0.247 e. The minimum atomic E-state index is -4.23. The van der Waals surface area contributed by atoms with Gasteiger partial charge in [-0.15, -0.1) is 0 Å². The summed E-state index contributed by atoms with van der Waals surface area (Å²) in [6.45, 7) is 1.09. The van der Waals surface area contributed by atoms with Crippen LogP contribution in [0.3, 0.4) is 0 Å². The van der Waals surface area contributed by atoms with Gasteiger partial charge in [-0.3, -0.25) is 9.59 Å². The molecular formula is C23H24N2O5S. The number of hydrogen-bond acceptors (Lipinski definition) is 6. The fraction of sp³-hybridized carbons (Fsp3) is 0.304. The molecule has 162 valence electrons. The monoisotopic (exact) mass is 440 g/mol. The number of ketones is 2. The predicted octanol–water partition coefficient (Wildman–Crippen LogP) is 2.89. The molecular weight excluding hydrogens is 416 g/mol. The lowest BCUT2D eigenvalue weighted by molar-refractivity contribution is 0.0939. The van der Waals surface area contributed by atoms with E-state index in [2.05, 4.69) is 4.72 Å². The van der Waals surface area contributed by atoms with Gasteiger partial charge in [-0.25, -0.2) is 13.1 Å². The Labute approximate surface area is 181 Å². The highest BCUT2D eigenvalue weighted by Gasteiger charge is 2.41. The molecule has 0 aromatic heterocycles. The van der Waals surface area contributed by atoms with Crippen LogP contribution in [0, 0.1) is 0 Å². The fourth-order valence-electron chi connectivity index (χ4n) is 3.99. The summed E-state index contributed by atoms with van der Waals surface area (Å²) in [5, 5.41) is 0. The molecule has 0 radical (unpaired) electrons. The van der Waals surface area contributed by atoms with E-state index in [1.165, 1.54) is 6.07 Å². The van der Waals surface area contributed by atoms with Crippen molar-refractivity contribution in [1.29, 1.82) is 0 Å². The third-order valence-electron chi connectivity index (χ3n) is 5.62. The van der Waals surface area contributed by atoms with E-state index in [9.17, 15) is 18.0 Å². The number of allylic oxidation sites excluding steroid dienone is 2. The van der Waals surface area contributed by atoms with Crippen molar-refractivity contribution in [2.24, 2.45) is 0 Å². The number of sulfonamides is 1. The molecule has 0 atom stereocenters. The number of carbonyl (C=O) groups excluding carboxylic acids is 2. The maximum absolute atomic E-state index is 13.3. The molecule has 0 amide bonds. The number of rotatable bonds is 6. The number of methoxy groups -OCH3 is 1. The number of ether oxygens (including phenoxy) is 1. The van der Waals surface area contributed by atoms with Crippen LogP contribution in [0.25, 0.3) is 0 Å². The van der Waals surface area contributed by atoms with E-state index in [0.717, 1.165) is 19.3 Å². The van der Waals surface area contributed by atoms with E-state index in [4.69, 9.17) is 4.74 Å². The molecule has 0 spiro atoms. The zero-order valence-corrected chi connectivity index (χ0v) is 18.1. The summed E-state index contributed by atoms with van der Waals surface area (Å²) in [4.78, 5) is 27.9. The van der Waals surface area contributed by atoms with Crippen molar-refractivity contribution in [1.82, 2.24) is 9.62 Å². The number of hydrogen-bond donors (Lipinski definition) is 1. The van der Waals surface area contributed by atoms with Gasteiger partial charge >= 0.3 is 0 Å². The second-order valence-electron chi connectivity index (χ2n) is 7.60. The number of carbonyl (C=O) groups is 2. The summed E-state index contributed by atoms with van der Waals surface area (Å²) in [7, 11) is -2.68. The van der Waals surface area contributed by atoms with Crippen molar-refractivity contribution in [2.45, 2.75) is 25.8 Å². The highest BCUT2D eigenvalue weighted by molar-refractivity contribution is 7.94. The largest absolute Gasteiger partial charge is 0.497 e. The quantitative estimate of drug-likeness (QED) is 0.743. The number of piperidine rings is 1. The zero-order chi connectivity index (χ0) is 22.0. The fourth-order valence-corrected chi connectivity index (χ4v) is 5.32. The Bertz CT molecular complexity index is 1150. The standard InChI is InChI=1S/C23H24N2O5S/c1-30-17-11-9-16(10-12-17)15-24-31(28,29)23-20(25-13-5-2-6-14-25)21(26)18-7-3-4-8-19(18)22(23)27/h3-4,7-12,24H,2,5-6,13-15H2,1H3. The highest BCUT2D eigenvalue weighted by atomic mass is 32.2. The van der Waals surface area contributed by atoms with E-state index in [-0.39, 0.29) is 23.4 Å². The molecule has 7 nitrogen and oxygen atoms in total. The van der Waals surface area contributed by atoms with Crippen molar-refractivity contribution in [3.63, 3.8) is 0 Å². The van der Waals surface area contributed by atoms with Gasteiger partial charge in [0.25, 0.3) is 0 Å². The minimum absolute atomic E-state index is 0.00771. The van der Waals surface area contributed by atoms with Gasteiger partial charge < -0.3 is 9.64 Å². The topological polar surface area (TPSA) is 92.8 Å². The summed E-state index contributed by atoms with van der Waals surface area (Å²) < 4.78 is 34.2. The molecule has 1 saturated heterocycles. The third-order valence-corrected chi connectivity index (χ3v) is 7.06. The zero-order valence-electron chi connectivity index (χ0n) is 17.3. The van der Waals surface area contributed by atoms with Gasteiger partial charge in [-0.05, 0) is 37.0 Å². The number of Topliss-reactive ketones (excluding diaryl/α,β-unsaturated/α-hetero) is 2. The van der Waals surface area contributed by atoms with Gasteiger partial charge in [0.05, 0.1) is 7.11 Å². The second kappa shape index (κ2) is 8.64. The number of nitrogens with zero attached hydrogens (tertiary/aromatic N) is 1. The summed E-state index contributed by atoms with van der Waals surface area (Å²) in [5.41, 5.74) is 1.07. The lowest BCUT2D eigenvalue weighted by Gasteiger charge is -2.33. The van der Waals surface area contributed by atoms with Crippen molar-refractivity contribution in [3.05, 3.63) is 75.8 Å². The molecule has 1 aliphatic carbocycles. The Kier molecular flexibility index (Phi) is 5.93. The molecule has 0 bridgehead atoms. The smallest absolute Gasteiger partial charge is 0.247 e. The molecule has 2 aromatic carbocycles. The average Bonchev–Trinajstić information content (AvgIpc) is 2.80. The SMILES string of the molecule is COc1ccc(CNS(=O)(=O)C2=C(N3CCCCC3)C(=O)c3ccccc3C2=O)cc1. The van der Waals surface area contributed by atoms with Crippen LogP contribution in [0.1, 0.15) is 45.5 Å². The van der Waals surface area contributed by atoms with Crippen LogP contribution in [-0.2, 0) is 16.6 Å². The lowest BCUT2D eigenvalue weighted by Crippen LogP contribution is -2.41. The molecule has 4 rings (SSSR count). The molecule has 31 heavy (non-hydrogen) atoms. The van der Waals surface area contributed by atoms with E-state index in [1.54, 1.807) is 54.5 Å². The number of likely N-dealkylation sites (tertiary alicyclic amines) is 1. The van der Waals surface area contributed by atoms with Gasteiger partial charge in [0.2, 0.25) is 21.6 Å². The first-order chi connectivity index (χ1) is 14.9. The van der Waals surface area contributed by atoms with Crippen molar-refractivity contribution in [3.8, 4) is 5.75 Å². The maximum atomic E-state index is 13.3. The summed E-state index contributed by atoms with van der Waals surface area (Å²) in [6, 6.07) is 13.3. The van der Waals surface area contributed by atoms with Crippen LogP contribution >= 0.6 is 0 Å². The van der Waals surface area contributed by atoms with E-state index in [0.29, 0.717) is 24.4 Å². The normalized spacial score (nSPS) is 17.0. The van der Waals surface area contributed by atoms with Crippen molar-refractivity contribution >= 4 is 21.6 Å². The summed E-state index contributed by atoms with van der Waals surface area (Å²) in [6.07, 6.45) is 2.71. The van der Waals surface area contributed by atoms with Crippen LogP contribution in [0.15, 0.2) is 59.1 Å². The molecule has 0 unspecified atom stereocenters. The van der Waals surface area contributed by atoms with Crippen LogP contribution in [-0.4, -0.2) is 45.1 Å². The molecule has 1 N–H and O–H groups in total. The Balaban J connectivity index is 1.73. The molecule has 1 heterocycles. The van der Waals surface area contributed by atoms with Gasteiger partial charge in [0, 0.05) is 30.8 Å². The van der Waals surface area contributed by atoms with Crippen LogP contribution in [0.4, 0.5) is 0 Å². The Hall–Kier alpha value is -2.97. The number of benzene rings is 2. The van der Waals surface area contributed by atoms with Gasteiger partial charge in [-0.1, -0.05) is 36.4 Å². The minimum Gasteiger partial charge on any atom is -0.497 e. The molecule has 1 fully saturated rings. The molecule has 1 aliphatic heterocycles. The van der Waals surface area contributed by atoms with E-state index < -0.39 is 26.5 Å². The first-order valence-corrected chi connectivity index (χ1v) is 11.7. The van der Waals surface area contributed by atoms with Crippen molar-refractivity contribution < 1.29 is 22.7 Å². The van der Waals surface area contributed by atoms with Gasteiger partial charge in [-0.2, -0.15) is 0 Å². The second-order valence-corrected chi connectivity index (χ2v) is 9.31. The summed E-state index contributed by atoms with van der Waals surface area (Å²) in [5.74, 6) is -0.397. The van der Waals surface area contributed by atoms with Gasteiger partial charge in [0.1, 0.15) is 11.4 Å². The first kappa shape index (κ1) is 21.3. The third kappa shape index (κ3) is 4.13. The van der Waals surface area contributed by atoms with Gasteiger partial charge in [0.15, 0.2) is 4.91 Å². The highest BCUT2D eigenvalue weighted by Crippen LogP contribution is 2.32. The number of fused-ring (bicyclic) bond motifs is 1. The summed E-state index contributed by atoms with van der Waals surface area (Å²) >= 11 is 0. The van der Waals surface area contributed by atoms with E-state index in [1.807, 2.05) is 0 Å². The van der Waals surface area contributed by atoms with Crippen molar-refractivity contribution in [2.75, 3.05) is 20.2 Å². The van der Waals surface area contributed by atoms with Crippen LogP contribution in [0.5, 0.6) is 5.75 Å². The number of nitrogens with one attached hydrogen (secondary N) is 1. The Morgan fingerprint density at radius 2 is 1.52 bits per heavy atom. The molecule has 2 aromatic rings. The molecule has 0 saturated carbocycles. The lowest BCUT2D eigenvalue weighted by atomic mass is 9.91. The Morgan fingerprint density at radius 1 is 0.903 bits per heavy atom. The van der Waals surface area contributed by atoms with Crippen LogP contribution < -0.4 is 9.46 Å². The predicted molar refractivity (Wildman–Crippen MR) is 116 cm³/mol. The Morgan fingerprint density at radius 3 is 2.13 bits per heavy atom. The molecule has 2 aliphatic rings. The first-order valence-electron chi connectivity index (χ1n) is 10.2. The molecule has 8 heteroatoms. The average molecular weight is 441 g/mol. The van der Waals surface area contributed by atoms with Crippen LogP contribution in [0.2, 0.25) is 0 Å².